The topological polar surface area (TPSA) is 108 Å². The minimum Gasteiger partial charge on any atom is -0.462 e. The number of hydrogen-bond donors (Lipinski definition) is 1. The fraction of sp³-hybridized carbons (Fsp3) is 0.964. The van der Waals surface area contributed by atoms with Gasteiger partial charge in [-0.3, -0.25) is 18.6 Å². The van der Waals surface area contributed by atoms with Gasteiger partial charge >= 0.3 is 19.8 Å². The van der Waals surface area contributed by atoms with Gasteiger partial charge in [-0.25, -0.2) is 4.57 Å². The number of esters is 2. The van der Waals surface area contributed by atoms with Gasteiger partial charge in [-0.05, 0) is 12.8 Å². The van der Waals surface area contributed by atoms with Crippen molar-refractivity contribution in [1.82, 2.24) is 0 Å². The van der Waals surface area contributed by atoms with Crippen LogP contribution < -0.4 is 0 Å². The molecule has 9 nitrogen and oxygen atoms in total. The molecule has 0 aliphatic carbocycles. The van der Waals surface area contributed by atoms with E-state index in [0.717, 1.165) is 38.5 Å². The van der Waals surface area contributed by atoms with Crippen molar-refractivity contribution in [2.45, 2.75) is 302 Å². The molecule has 0 amide bonds. The smallest absolute Gasteiger partial charge is 0.462 e. The van der Waals surface area contributed by atoms with Gasteiger partial charge in [0.1, 0.15) is 19.8 Å². The quantitative estimate of drug-likeness (QED) is 0.0278. The normalized spacial score (nSPS) is 13.2. The molecule has 0 rings (SSSR count). The fourth-order valence-electron chi connectivity index (χ4n) is 8.67. The van der Waals surface area contributed by atoms with Gasteiger partial charge in [0.2, 0.25) is 0 Å². The first-order valence-corrected chi connectivity index (χ1v) is 30.3. The van der Waals surface area contributed by atoms with E-state index in [0.29, 0.717) is 17.4 Å². The molecule has 394 valence electrons. The predicted octanol–water partition coefficient (Wildman–Crippen LogP) is 17.5. The highest BCUT2D eigenvalue weighted by Gasteiger charge is 2.27. The lowest BCUT2D eigenvalue weighted by molar-refractivity contribution is -0.870. The van der Waals surface area contributed by atoms with Gasteiger partial charge in [0.05, 0.1) is 27.7 Å². The van der Waals surface area contributed by atoms with Crippen molar-refractivity contribution in [2.24, 2.45) is 0 Å². The molecular formula is C56H113NO8P+. The van der Waals surface area contributed by atoms with E-state index in [1.165, 1.54) is 231 Å². The van der Waals surface area contributed by atoms with Crippen LogP contribution in [-0.4, -0.2) is 74.9 Å². The van der Waals surface area contributed by atoms with Crippen molar-refractivity contribution in [2.75, 3.05) is 47.5 Å². The molecule has 0 aromatic carbocycles. The first-order valence-electron chi connectivity index (χ1n) is 28.8. The second-order valence-corrected chi connectivity index (χ2v) is 22.5. The summed E-state index contributed by atoms with van der Waals surface area (Å²) >= 11 is 0. The van der Waals surface area contributed by atoms with E-state index in [1.54, 1.807) is 0 Å². The van der Waals surface area contributed by atoms with Crippen molar-refractivity contribution in [1.29, 1.82) is 0 Å². The molecule has 10 heteroatoms. The standard InChI is InChI=1S/C56H112NO8P/c1-6-8-10-12-14-16-17-18-19-20-21-22-23-24-25-26-27-28-29-30-31-32-33-34-35-36-37-38-39-41-43-45-47-49-56(59)65-54(53-64-66(60,61)63-51-50-57(3,4)5)52-62-55(58)48-46-44-42-40-15-13-11-9-7-2/h54H,6-53H2,1-5H3/p+1. The first-order chi connectivity index (χ1) is 32.0. The molecule has 2 atom stereocenters. The van der Waals surface area contributed by atoms with Crippen LogP contribution in [0.4, 0.5) is 0 Å². The molecule has 0 spiro atoms. The lowest BCUT2D eigenvalue weighted by Crippen LogP contribution is -2.37. The number of ether oxygens (including phenoxy) is 2. The molecule has 0 heterocycles. The van der Waals surface area contributed by atoms with Crippen molar-refractivity contribution in [3.8, 4) is 0 Å². The third-order valence-electron chi connectivity index (χ3n) is 13.1. The Morgan fingerprint density at radius 1 is 0.409 bits per heavy atom. The van der Waals surface area contributed by atoms with E-state index in [9.17, 15) is 19.0 Å². The predicted molar refractivity (Wildman–Crippen MR) is 280 cm³/mol. The van der Waals surface area contributed by atoms with Crippen LogP contribution in [-0.2, 0) is 32.7 Å². The molecule has 2 unspecified atom stereocenters. The number of phosphoric acid groups is 1. The van der Waals surface area contributed by atoms with E-state index in [2.05, 4.69) is 13.8 Å². The summed E-state index contributed by atoms with van der Waals surface area (Å²) < 4.78 is 34.4. The molecule has 0 fully saturated rings. The van der Waals surface area contributed by atoms with E-state index >= 15 is 0 Å². The van der Waals surface area contributed by atoms with Gasteiger partial charge in [-0.2, -0.15) is 0 Å². The number of carbonyl (C=O) groups is 2. The van der Waals surface area contributed by atoms with Gasteiger partial charge in [-0.1, -0.05) is 271 Å². The summed E-state index contributed by atoms with van der Waals surface area (Å²) in [7, 11) is 1.50. The zero-order valence-corrected chi connectivity index (χ0v) is 45.6. The zero-order chi connectivity index (χ0) is 48.5. The summed E-state index contributed by atoms with van der Waals surface area (Å²) in [5.74, 6) is -0.783. The summed E-state index contributed by atoms with van der Waals surface area (Å²) in [6.07, 6.45) is 55.0. The number of unbranched alkanes of at least 4 members (excludes halogenated alkanes) is 40. The third-order valence-corrected chi connectivity index (χ3v) is 14.1. The minimum absolute atomic E-state index is 0.0369. The number of carbonyl (C=O) groups excluding carboxylic acids is 2. The highest BCUT2D eigenvalue weighted by Crippen LogP contribution is 2.43. The average molecular weight is 959 g/mol. The Morgan fingerprint density at radius 2 is 0.682 bits per heavy atom. The monoisotopic (exact) mass is 959 g/mol. The minimum atomic E-state index is -4.37. The van der Waals surface area contributed by atoms with Crippen LogP contribution in [0.15, 0.2) is 0 Å². The largest absolute Gasteiger partial charge is 0.472 e. The van der Waals surface area contributed by atoms with Gasteiger partial charge in [0, 0.05) is 12.8 Å². The van der Waals surface area contributed by atoms with Gasteiger partial charge < -0.3 is 18.9 Å². The number of likely N-dealkylation sites (N-methyl/N-ethyl adjacent to an activating group) is 1. The molecule has 1 N–H and O–H groups in total. The second-order valence-electron chi connectivity index (χ2n) is 21.0. The number of phosphoric ester groups is 1. The molecule has 0 bridgehead atoms. The Kier molecular flexibility index (Phi) is 48.3. The van der Waals surface area contributed by atoms with Crippen molar-refractivity contribution >= 4 is 19.8 Å². The van der Waals surface area contributed by atoms with Crippen molar-refractivity contribution in [3.05, 3.63) is 0 Å². The lowest BCUT2D eigenvalue weighted by atomic mass is 10.0. The zero-order valence-electron chi connectivity index (χ0n) is 44.7. The SMILES string of the molecule is CCCCCCCCCCCCCCCCCCCCCCCCCCCCCCCCCCCC(=O)OC(COC(=O)CCCCCCCCCCC)COP(=O)(O)OCC[N+](C)(C)C. The molecule has 0 saturated carbocycles. The number of hydrogen-bond acceptors (Lipinski definition) is 7. The van der Waals surface area contributed by atoms with Crippen LogP contribution in [0.25, 0.3) is 0 Å². The Hall–Kier alpha value is -0.990. The molecule has 0 aromatic heterocycles. The molecule has 0 radical (unpaired) electrons. The molecule has 66 heavy (non-hydrogen) atoms. The summed E-state index contributed by atoms with van der Waals surface area (Å²) in [5, 5.41) is 0. The maximum atomic E-state index is 12.7. The van der Waals surface area contributed by atoms with E-state index in [1.807, 2.05) is 21.1 Å². The van der Waals surface area contributed by atoms with Crippen molar-refractivity contribution < 1.29 is 42.1 Å². The summed E-state index contributed by atoms with van der Waals surface area (Å²) in [5.41, 5.74) is 0. The number of rotatable bonds is 54. The molecular weight excluding hydrogens is 846 g/mol. The molecule has 0 aromatic rings. The van der Waals surface area contributed by atoms with Crippen LogP contribution in [0.5, 0.6) is 0 Å². The highest BCUT2D eigenvalue weighted by atomic mass is 31.2. The number of quaternary nitrogens is 1. The Balaban J connectivity index is 3.86. The summed E-state index contributed by atoms with van der Waals surface area (Å²) in [6.45, 7) is 4.46. The molecule has 0 aliphatic rings. The first kappa shape index (κ1) is 65.0. The maximum Gasteiger partial charge on any atom is 0.472 e. The van der Waals surface area contributed by atoms with Gasteiger partial charge in [0.25, 0.3) is 0 Å². The van der Waals surface area contributed by atoms with Gasteiger partial charge in [0.15, 0.2) is 6.10 Å². The lowest BCUT2D eigenvalue weighted by Gasteiger charge is -2.24. The van der Waals surface area contributed by atoms with Crippen LogP contribution in [0.1, 0.15) is 296 Å². The van der Waals surface area contributed by atoms with E-state index in [-0.39, 0.29) is 25.6 Å². The number of nitrogens with zero attached hydrogens (tertiary/aromatic N) is 1. The summed E-state index contributed by atoms with van der Waals surface area (Å²) in [6, 6.07) is 0. The van der Waals surface area contributed by atoms with E-state index in [4.69, 9.17) is 18.5 Å². The van der Waals surface area contributed by atoms with E-state index < -0.39 is 26.5 Å². The van der Waals surface area contributed by atoms with Gasteiger partial charge in [-0.15, -0.1) is 0 Å². The highest BCUT2D eigenvalue weighted by molar-refractivity contribution is 7.47. The molecule has 0 saturated heterocycles. The summed E-state index contributed by atoms with van der Waals surface area (Å²) in [4.78, 5) is 35.4. The van der Waals surface area contributed by atoms with Crippen molar-refractivity contribution in [3.63, 3.8) is 0 Å². The Bertz CT molecular complexity index is 1080. The third kappa shape index (κ3) is 52.4. The fourth-order valence-corrected chi connectivity index (χ4v) is 9.41. The van der Waals surface area contributed by atoms with Crippen LogP contribution in [0, 0.1) is 0 Å². The van der Waals surface area contributed by atoms with Crippen LogP contribution in [0.2, 0.25) is 0 Å². The average Bonchev–Trinajstić information content (AvgIpc) is 3.27. The Morgan fingerprint density at radius 3 is 0.970 bits per heavy atom. The van der Waals surface area contributed by atoms with Crippen LogP contribution >= 0.6 is 7.82 Å². The second kappa shape index (κ2) is 49.0. The van der Waals surface area contributed by atoms with Crippen LogP contribution in [0.3, 0.4) is 0 Å². The maximum absolute atomic E-state index is 12.7. The molecule has 0 aliphatic heterocycles. The Labute approximate surface area is 410 Å².